The summed E-state index contributed by atoms with van der Waals surface area (Å²) in [5.74, 6) is -0.125. The van der Waals surface area contributed by atoms with Crippen molar-refractivity contribution in [2.45, 2.75) is 66.7 Å². The summed E-state index contributed by atoms with van der Waals surface area (Å²) in [6.45, 7) is 13.5. The van der Waals surface area contributed by atoms with Gasteiger partial charge < -0.3 is 15.1 Å². The molecule has 0 spiro atoms. The summed E-state index contributed by atoms with van der Waals surface area (Å²) in [4.78, 5) is 22.4. The van der Waals surface area contributed by atoms with Gasteiger partial charge in [-0.05, 0) is 46.3 Å². The summed E-state index contributed by atoms with van der Waals surface area (Å²) >= 11 is 0. The average molecular weight is 319 g/mol. The Balaban J connectivity index is -0.000000247. The monoisotopic (exact) mass is 319 g/mol. The van der Waals surface area contributed by atoms with Crippen LogP contribution >= 0.6 is 0 Å². The van der Waals surface area contributed by atoms with E-state index in [1.807, 2.05) is 0 Å². The number of Topliss-reactive ketones (excluding diaryl/α,β-unsaturated/α-hetero) is 2. The molecule has 0 aliphatic rings. The van der Waals surface area contributed by atoms with Crippen LogP contribution < -0.4 is 0 Å². The minimum Gasteiger partial charge on any atom is -0.396 e. The first-order valence-electron chi connectivity index (χ1n) is 8.32. The van der Waals surface area contributed by atoms with E-state index in [4.69, 9.17) is 10.2 Å². The number of carbonyl (C=O) groups excluding carboxylic acids is 2. The van der Waals surface area contributed by atoms with Gasteiger partial charge in [0.1, 0.15) is 11.6 Å². The van der Waals surface area contributed by atoms with E-state index in [1.165, 1.54) is 33.5 Å². The number of ketones is 2. The third-order valence-electron chi connectivity index (χ3n) is 2.91. The molecule has 0 aliphatic heterocycles. The average Bonchev–Trinajstić information content (AvgIpc) is 2.45. The van der Waals surface area contributed by atoms with Crippen LogP contribution in [0.4, 0.5) is 0 Å². The van der Waals surface area contributed by atoms with Gasteiger partial charge in [-0.1, -0.05) is 33.6 Å². The molecule has 22 heavy (non-hydrogen) atoms. The normalized spacial score (nSPS) is 9.45. The number of nitrogens with zero attached hydrogens (tertiary/aromatic N) is 1. The molecule has 0 aromatic rings. The van der Waals surface area contributed by atoms with Crippen molar-refractivity contribution in [1.29, 1.82) is 0 Å². The molecular formula is C17H37NO4. The van der Waals surface area contributed by atoms with Crippen molar-refractivity contribution < 1.29 is 19.8 Å². The number of hydrogen-bond donors (Lipinski definition) is 2. The highest BCUT2D eigenvalue weighted by molar-refractivity contribution is 5.96. The van der Waals surface area contributed by atoms with Gasteiger partial charge in [0.2, 0.25) is 0 Å². The molecule has 5 nitrogen and oxygen atoms in total. The van der Waals surface area contributed by atoms with Gasteiger partial charge in [-0.15, -0.1) is 0 Å². The van der Waals surface area contributed by atoms with E-state index in [2.05, 4.69) is 25.7 Å². The van der Waals surface area contributed by atoms with Crippen LogP contribution in [0.5, 0.6) is 0 Å². The maximum atomic E-state index is 10.0. The maximum absolute atomic E-state index is 10.0. The number of hydrogen-bond acceptors (Lipinski definition) is 5. The minimum atomic E-state index is -0.0625. The molecule has 0 saturated heterocycles. The summed E-state index contributed by atoms with van der Waals surface area (Å²) in [5, 5.41) is 16.6. The minimum absolute atomic E-state index is 0.0625. The van der Waals surface area contributed by atoms with Crippen LogP contribution in [0, 0.1) is 0 Å². The summed E-state index contributed by atoms with van der Waals surface area (Å²) in [7, 11) is 0. The molecule has 0 atom stereocenters. The topological polar surface area (TPSA) is 77.8 Å². The van der Waals surface area contributed by atoms with Gasteiger partial charge in [-0.2, -0.15) is 0 Å². The van der Waals surface area contributed by atoms with Gasteiger partial charge in [0.15, 0.2) is 0 Å². The Bertz CT molecular complexity index is 217. The summed E-state index contributed by atoms with van der Waals surface area (Å²) in [6, 6.07) is 0. The van der Waals surface area contributed by atoms with Gasteiger partial charge in [0, 0.05) is 13.2 Å². The van der Waals surface area contributed by atoms with Gasteiger partial charge in [-0.25, -0.2) is 0 Å². The molecule has 0 aliphatic carbocycles. The SMILES string of the molecule is CC(=O)CC(C)=O.CCN(CC)CC.OCCCCCCO. The molecule has 0 amide bonds. The molecular weight excluding hydrogens is 282 g/mol. The third-order valence-corrected chi connectivity index (χ3v) is 2.91. The Morgan fingerprint density at radius 3 is 1.14 bits per heavy atom. The predicted molar refractivity (Wildman–Crippen MR) is 92.1 cm³/mol. The fourth-order valence-electron chi connectivity index (χ4n) is 1.60. The molecule has 0 aromatic carbocycles. The second-order valence-corrected chi connectivity index (χ2v) is 5.06. The predicted octanol–water partition coefficient (Wildman–Crippen LogP) is 2.43. The highest BCUT2D eigenvalue weighted by Crippen LogP contribution is 1.96. The summed E-state index contributed by atoms with van der Waals surface area (Å²) in [5.41, 5.74) is 0. The lowest BCUT2D eigenvalue weighted by Gasteiger charge is -2.13. The maximum Gasteiger partial charge on any atom is 0.137 e. The van der Waals surface area contributed by atoms with Crippen LogP contribution in [0.3, 0.4) is 0 Å². The van der Waals surface area contributed by atoms with Gasteiger partial charge >= 0.3 is 0 Å². The van der Waals surface area contributed by atoms with Crippen LogP contribution in [0.15, 0.2) is 0 Å². The molecule has 0 radical (unpaired) electrons. The first kappa shape index (κ1) is 26.1. The van der Waals surface area contributed by atoms with Crippen LogP contribution in [0.25, 0.3) is 0 Å². The van der Waals surface area contributed by atoms with E-state index in [9.17, 15) is 9.59 Å². The molecule has 0 fully saturated rings. The molecule has 134 valence electrons. The van der Waals surface area contributed by atoms with Gasteiger partial charge in [0.25, 0.3) is 0 Å². The standard InChI is InChI=1S/C6H15N.C6H14O2.C5H8O2/c1-4-7(5-2)6-3;7-5-3-1-2-4-6-8;1-4(6)3-5(2)7/h4-6H2,1-3H3;7-8H,1-6H2;3H2,1-2H3. The quantitative estimate of drug-likeness (QED) is 0.478. The van der Waals surface area contributed by atoms with Gasteiger partial charge in [0.05, 0.1) is 6.42 Å². The number of aliphatic hydroxyl groups is 2. The second kappa shape index (κ2) is 22.5. The molecule has 0 bridgehead atoms. The number of unbranched alkanes of at least 4 members (excludes halogenated alkanes) is 3. The molecule has 0 aromatic heterocycles. The van der Waals surface area contributed by atoms with Crippen LogP contribution in [0.2, 0.25) is 0 Å². The Hall–Kier alpha value is -0.780. The van der Waals surface area contributed by atoms with Crippen molar-refractivity contribution in [1.82, 2.24) is 4.90 Å². The van der Waals surface area contributed by atoms with E-state index in [-0.39, 0.29) is 31.2 Å². The Kier molecular flexibility index (Phi) is 26.7. The van der Waals surface area contributed by atoms with E-state index in [1.54, 1.807) is 0 Å². The van der Waals surface area contributed by atoms with E-state index in [0.29, 0.717) is 0 Å². The lowest BCUT2D eigenvalue weighted by molar-refractivity contribution is -0.124. The van der Waals surface area contributed by atoms with Crippen LogP contribution in [-0.4, -0.2) is 59.5 Å². The molecule has 0 saturated carbocycles. The second-order valence-electron chi connectivity index (χ2n) is 5.06. The van der Waals surface area contributed by atoms with Crippen molar-refractivity contribution in [3.63, 3.8) is 0 Å². The van der Waals surface area contributed by atoms with E-state index < -0.39 is 0 Å². The van der Waals surface area contributed by atoms with E-state index in [0.717, 1.165) is 25.7 Å². The highest BCUT2D eigenvalue weighted by atomic mass is 16.3. The third kappa shape index (κ3) is 31.6. The number of carbonyl (C=O) groups is 2. The fraction of sp³-hybridized carbons (Fsp3) is 0.882. The first-order chi connectivity index (χ1) is 10.4. The van der Waals surface area contributed by atoms with Crippen molar-refractivity contribution in [2.75, 3.05) is 32.8 Å². The van der Waals surface area contributed by atoms with Crippen LogP contribution in [-0.2, 0) is 9.59 Å². The zero-order chi connectivity index (χ0) is 17.8. The lowest BCUT2D eigenvalue weighted by atomic mass is 10.2. The van der Waals surface area contributed by atoms with E-state index >= 15 is 0 Å². The zero-order valence-electron chi connectivity index (χ0n) is 15.2. The van der Waals surface area contributed by atoms with Crippen molar-refractivity contribution in [3.05, 3.63) is 0 Å². The van der Waals surface area contributed by atoms with Gasteiger partial charge in [-0.3, -0.25) is 9.59 Å². The number of aliphatic hydroxyl groups excluding tert-OH is 2. The Morgan fingerprint density at radius 2 is 1.05 bits per heavy atom. The van der Waals surface area contributed by atoms with Crippen molar-refractivity contribution in [2.24, 2.45) is 0 Å². The smallest absolute Gasteiger partial charge is 0.137 e. The molecule has 0 unspecified atom stereocenters. The Labute approximate surface area is 136 Å². The molecule has 0 heterocycles. The van der Waals surface area contributed by atoms with Crippen molar-refractivity contribution in [3.8, 4) is 0 Å². The summed E-state index contributed by atoms with van der Waals surface area (Å²) in [6.07, 6.45) is 3.91. The fourth-order valence-corrected chi connectivity index (χ4v) is 1.60. The molecule has 0 rings (SSSR count). The summed E-state index contributed by atoms with van der Waals surface area (Å²) < 4.78 is 0. The molecule has 2 N–H and O–H groups in total. The Morgan fingerprint density at radius 1 is 0.727 bits per heavy atom. The number of rotatable bonds is 10. The first-order valence-corrected chi connectivity index (χ1v) is 8.32. The van der Waals surface area contributed by atoms with Crippen LogP contribution in [0.1, 0.15) is 66.7 Å². The largest absolute Gasteiger partial charge is 0.396 e. The van der Waals surface area contributed by atoms with Crippen molar-refractivity contribution >= 4 is 11.6 Å². The zero-order valence-corrected chi connectivity index (χ0v) is 15.2. The highest BCUT2D eigenvalue weighted by Gasteiger charge is 1.94. The molecule has 5 heteroatoms. The lowest BCUT2D eigenvalue weighted by Crippen LogP contribution is -2.21.